The van der Waals surface area contributed by atoms with Gasteiger partial charge in [0, 0.05) is 17.8 Å². The highest BCUT2D eigenvalue weighted by Gasteiger charge is 2.34. The number of hydrogen-bond acceptors (Lipinski definition) is 4. The molecule has 28 heavy (non-hydrogen) atoms. The van der Waals surface area contributed by atoms with E-state index < -0.39 is 11.6 Å². The lowest BCUT2D eigenvalue weighted by Gasteiger charge is -2.26. The molecule has 1 aliphatic rings. The van der Waals surface area contributed by atoms with E-state index in [9.17, 15) is 13.6 Å². The van der Waals surface area contributed by atoms with Gasteiger partial charge in [-0.1, -0.05) is 6.07 Å². The molecule has 0 aliphatic carbocycles. The molecule has 2 atom stereocenters. The number of nitrogens with one attached hydrogen (secondary N) is 1. The lowest BCUT2D eigenvalue weighted by Crippen LogP contribution is -2.39. The van der Waals surface area contributed by atoms with Crippen molar-refractivity contribution in [2.24, 2.45) is 0 Å². The number of carbonyl (C=O) groups is 1. The summed E-state index contributed by atoms with van der Waals surface area (Å²) in [5.74, 6) is -1.96. The van der Waals surface area contributed by atoms with Crippen molar-refractivity contribution in [1.82, 2.24) is 25.0 Å². The molecular formula is C20H19F2N5O. The monoisotopic (exact) mass is 383 g/mol. The Morgan fingerprint density at radius 1 is 1.07 bits per heavy atom. The molecule has 4 rings (SSSR count). The molecule has 3 aromatic rings. The summed E-state index contributed by atoms with van der Waals surface area (Å²) in [6.07, 6.45) is 3.89. The summed E-state index contributed by atoms with van der Waals surface area (Å²) >= 11 is 0. The lowest BCUT2D eigenvalue weighted by molar-refractivity contribution is 0.0927. The number of hydrogen-bond donors (Lipinski definition) is 1. The van der Waals surface area contributed by atoms with Crippen molar-refractivity contribution in [3.05, 3.63) is 77.9 Å². The van der Waals surface area contributed by atoms with Gasteiger partial charge in [-0.3, -0.25) is 14.3 Å². The fourth-order valence-corrected chi connectivity index (χ4v) is 3.65. The number of likely N-dealkylation sites (N-methyl/N-ethyl adjacent to an activating group) is 1. The summed E-state index contributed by atoms with van der Waals surface area (Å²) < 4.78 is 28.7. The van der Waals surface area contributed by atoms with Crippen LogP contribution < -0.4 is 5.32 Å². The molecule has 2 heterocycles. The number of nitrogens with zero attached hydrogens (tertiary/aromatic N) is 4. The molecule has 0 unspecified atom stereocenters. The largest absolute Gasteiger partial charge is 0.347 e. The molecule has 144 valence electrons. The zero-order valence-electron chi connectivity index (χ0n) is 15.2. The van der Waals surface area contributed by atoms with Crippen molar-refractivity contribution in [3.8, 4) is 5.69 Å². The minimum Gasteiger partial charge on any atom is -0.347 e. The van der Waals surface area contributed by atoms with E-state index in [1.165, 1.54) is 6.07 Å². The Balaban J connectivity index is 1.50. The van der Waals surface area contributed by atoms with Gasteiger partial charge in [-0.2, -0.15) is 0 Å². The van der Waals surface area contributed by atoms with Crippen LogP contribution in [0, 0.1) is 11.6 Å². The maximum atomic E-state index is 13.7. The Morgan fingerprint density at radius 3 is 2.46 bits per heavy atom. The molecule has 1 N–H and O–H groups in total. The summed E-state index contributed by atoms with van der Waals surface area (Å²) in [4.78, 5) is 14.7. The molecule has 6 nitrogen and oxygen atoms in total. The van der Waals surface area contributed by atoms with E-state index in [2.05, 4.69) is 15.5 Å². The van der Waals surface area contributed by atoms with Gasteiger partial charge in [-0.05, 0) is 55.4 Å². The molecule has 1 fully saturated rings. The Morgan fingerprint density at radius 2 is 1.79 bits per heavy atom. The van der Waals surface area contributed by atoms with Crippen LogP contribution in [0.5, 0.6) is 0 Å². The highest BCUT2D eigenvalue weighted by molar-refractivity contribution is 5.94. The molecule has 1 aliphatic heterocycles. The van der Waals surface area contributed by atoms with Gasteiger partial charge < -0.3 is 5.32 Å². The van der Waals surface area contributed by atoms with E-state index in [4.69, 9.17) is 0 Å². The SMILES string of the molecule is CN1CC[C@@H](NC(=O)c2ccc(-n3cnnc3)cc2)[C@@H]1c1ccc(F)c(F)c1. The third-order valence-corrected chi connectivity index (χ3v) is 5.10. The third kappa shape index (κ3) is 3.50. The molecule has 8 heteroatoms. The minimum atomic E-state index is -0.882. The van der Waals surface area contributed by atoms with Crippen molar-refractivity contribution in [1.29, 1.82) is 0 Å². The van der Waals surface area contributed by atoms with E-state index in [-0.39, 0.29) is 18.0 Å². The first-order valence-corrected chi connectivity index (χ1v) is 8.94. The van der Waals surface area contributed by atoms with Gasteiger partial charge in [0.05, 0.1) is 12.1 Å². The lowest BCUT2D eigenvalue weighted by atomic mass is 9.99. The Kier molecular flexibility index (Phi) is 4.87. The fraction of sp³-hybridized carbons (Fsp3) is 0.250. The highest BCUT2D eigenvalue weighted by atomic mass is 19.2. The molecule has 1 saturated heterocycles. The van der Waals surface area contributed by atoms with E-state index >= 15 is 0 Å². The topological polar surface area (TPSA) is 63.1 Å². The van der Waals surface area contributed by atoms with Gasteiger partial charge in [0.15, 0.2) is 11.6 Å². The van der Waals surface area contributed by atoms with Gasteiger partial charge in [0.25, 0.3) is 5.91 Å². The van der Waals surface area contributed by atoms with Gasteiger partial charge in [0.1, 0.15) is 12.7 Å². The van der Waals surface area contributed by atoms with Crippen LogP contribution in [-0.2, 0) is 0 Å². The average molecular weight is 383 g/mol. The standard InChI is InChI=1S/C20H19F2N5O/c1-26-9-8-18(19(26)14-4-7-16(21)17(22)10-14)25-20(28)13-2-5-15(6-3-13)27-11-23-24-12-27/h2-7,10-12,18-19H,8-9H2,1H3,(H,25,28)/t18-,19+/m1/s1. The Labute approximate surface area is 160 Å². The van der Waals surface area contributed by atoms with Crippen LogP contribution in [-0.4, -0.2) is 45.2 Å². The first-order chi connectivity index (χ1) is 13.5. The maximum Gasteiger partial charge on any atom is 0.251 e. The van der Waals surface area contributed by atoms with E-state index in [0.717, 1.165) is 24.7 Å². The zero-order chi connectivity index (χ0) is 19.7. The fourth-order valence-electron chi connectivity index (χ4n) is 3.65. The molecular weight excluding hydrogens is 364 g/mol. The van der Waals surface area contributed by atoms with Gasteiger partial charge in [-0.15, -0.1) is 10.2 Å². The molecule has 0 saturated carbocycles. The molecule has 0 spiro atoms. The van der Waals surface area contributed by atoms with Crippen molar-refractivity contribution >= 4 is 5.91 Å². The molecule has 2 aromatic carbocycles. The van der Waals surface area contributed by atoms with Gasteiger partial charge >= 0.3 is 0 Å². The quantitative estimate of drug-likeness (QED) is 0.753. The number of carbonyl (C=O) groups excluding carboxylic acids is 1. The van der Waals surface area contributed by atoms with Crippen LogP contribution in [0.2, 0.25) is 0 Å². The summed E-state index contributed by atoms with van der Waals surface area (Å²) in [5, 5.41) is 10.6. The summed E-state index contributed by atoms with van der Waals surface area (Å²) in [6, 6.07) is 10.6. The third-order valence-electron chi connectivity index (χ3n) is 5.10. The second-order valence-electron chi connectivity index (χ2n) is 6.88. The predicted molar refractivity (Wildman–Crippen MR) is 99.0 cm³/mol. The number of aromatic nitrogens is 3. The molecule has 1 amide bonds. The Hall–Kier alpha value is -3.13. The van der Waals surface area contributed by atoms with Crippen molar-refractivity contribution in [2.45, 2.75) is 18.5 Å². The van der Waals surface area contributed by atoms with Crippen LogP contribution in [0.25, 0.3) is 5.69 Å². The first kappa shape index (κ1) is 18.2. The maximum absolute atomic E-state index is 13.7. The van der Waals surface area contributed by atoms with Crippen LogP contribution in [0.3, 0.4) is 0 Å². The summed E-state index contributed by atoms with van der Waals surface area (Å²) in [7, 11) is 1.91. The summed E-state index contributed by atoms with van der Waals surface area (Å²) in [5.41, 5.74) is 2.02. The number of benzene rings is 2. The second-order valence-corrected chi connectivity index (χ2v) is 6.88. The number of amides is 1. The van der Waals surface area contributed by atoms with Crippen LogP contribution in [0.4, 0.5) is 8.78 Å². The molecule has 0 radical (unpaired) electrons. The normalized spacial score (nSPS) is 19.7. The van der Waals surface area contributed by atoms with E-state index in [1.54, 1.807) is 35.4 Å². The Bertz CT molecular complexity index is 975. The van der Waals surface area contributed by atoms with Crippen LogP contribution in [0.1, 0.15) is 28.4 Å². The van der Waals surface area contributed by atoms with Gasteiger partial charge in [0.2, 0.25) is 0 Å². The zero-order valence-corrected chi connectivity index (χ0v) is 15.2. The van der Waals surface area contributed by atoms with Crippen molar-refractivity contribution < 1.29 is 13.6 Å². The second kappa shape index (κ2) is 7.47. The summed E-state index contributed by atoms with van der Waals surface area (Å²) in [6.45, 7) is 0.751. The first-order valence-electron chi connectivity index (χ1n) is 8.94. The minimum absolute atomic E-state index is 0.195. The van der Waals surface area contributed by atoms with Crippen molar-refractivity contribution in [3.63, 3.8) is 0 Å². The predicted octanol–water partition coefficient (Wildman–Crippen LogP) is 2.72. The average Bonchev–Trinajstić information content (AvgIpc) is 3.35. The van der Waals surface area contributed by atoms with E-state index in [0.29, 0.717) is 11.1 Å². The molecule has 1 aromatic heterocycles. The van der Waals surface area contributed by atoms with Gasteiger partial charge in [-0.25, -0.2) is 8.78 Å². The number of likely N-dealkylation sites (tertiary alicyclic amines) is 1. The number of halogens is 2. The molecule has 0 bridgehead atoms. The highest BCUT2D eigenvalue weighted by Crippen LogP contribution is 2.32. The smallest absolute Gasteiger partial charge is 0.251 e. The van der Waals surface area contributed by atoms with Crippen molar-refractivity contribution in [2.75, 3.05) is 13.6 Å². The van der Waals surface area contributed by atoms with E-state index in [1.807, 2.05) is 24.1 Å². The van der Waals surface area contributed by atoms with Crippen LogP contribution >= 0.6 is 0 Å². The van der Waals surface area contributed by atoms with Crippen LogP contribution in [0.15, 0.2) is 55.1 Å². The number of rotatable bonds is 4.